The monoisotopic (exact) mass is 468 g/mol. The highest BCUT2D eigenvalue weighted by Crippen LogP contribution is 2.22. The minimum absolute atomic E-state index is 0.00602. The molecule has 35 heavy (non-hydrogen) atoms. The molecule has 0 bridgehead atoms. The number of hydrogen-bond acceptors (Lipinski definition) is 6. The second-order valence-electron chi connectivity index (χ2n) is 8.36. The zero-order valence-corrected chi connectivity index (χ0v) is 18.7. The first kappa shape index (κ1) is 22.2. The molecule has 1 aliphatic heterocycles. The Bertz CT molecular complexity index is 1510. The van der Waals surface area contributed by atoms with E-state index in [1.165, 1.54) is 6.07 Å². The number of hydrogen-bond donors (Lipinski definition) is 2. The van der Waals surface area contributed by atoms with Gasteiger partial charge in [-0.3, -0.25) is 9.59 Å². The Balaban J connectivity index is 1.32. The van der Waals surface area contributed by atoms with Gasteiger partial charge in [-0.2, -0.15) is 5.10 Å². The third kappa shape index (κ3) is 4.59. The number of amides is 1. The number of anilines is 1. The van der Waals surface area contributed by atoms with Gasteiger partial charge in [0.1, 0.15) is 5.82 Å². The van der Waals surface area contributed by atoms with Crippen LogP contribution >= 0.6 is 0 Å². The molecule has 1 saturated heterocycles. The molecule has 3 heterocycles. The first-order valence-corrected chi connectivity index (χ1v) is 11.1. The quantitative estimate of drug-likeness (QED) is 0.437. The summed E-state index contributed by atoms with van der Waals surface area (Å²) in [6.45, 7) is 0.879. The fourth-order valence-corrected chi connectivity index (χ4v) is 4.24. The molecule has 0 saturated carbocycles. The zero-order valence-electron chi connectivity index (χ0n) is 18.7. The lowest BCUT2D eigenvalue weighted by Crippen LogP contribution is -2.32. The van der Waals surface area contributed by atoms with E-state index in [0.717, 1.165) is 10.9 Å². The average Bonchev–Trinajstić information content (AvgIpc) is 3.35. The van der Waals surface area contributed by atoms with E-state index < -0.39 is 5.82 Å². The molecule has 1 unspecified atom stereocenters. The summed E-state index contributed by atoms with van der Waals surface area (Å²) in [5.74, 6) is 1.93. The molecule has 0 aliphatic carbocycles. The average molecular weight is 468 g/mol. The summed E-state index contributed by atoms with van der Waals surface area (Å²) in [6.07, 6.45) is 9.45. The number of rotatable bonds is 5. The van der Waals surface area contributed by atoms with Crippen LogP contribution in [0.4, 0.5) is 10.3 Å². The predicted octanol–water partition coefficient (Wildman–Crippen LogP) is 2.75. The standard InChI is InChI=1S/C26H21FN6O2/c1-2-16-13-28-26(29-14-16)30-18-9-10-33(15-18)25(35)21-11-17(7-8-22(21)27)12-23-19-5-3-4-6-20(19)24(34)32-31-23/h1,3-8,11,13-14,18H,9-10,12,15H2,(H,32,34)(H,28,29,30). The number of benzene rings is 2. The van der Waals surface area contributed by atoms with Crippen LogP contribution in [0.1, 0.15) is 33.6 Å². The fourth-order valence-electron chi connectivity index (χ4n) is 4.24. The SMILES string of the molecule is C#Cc1cnc(NC2CCN(C(=O)c3cc(Cc4n[nH]c(=O)c5ccccc45)ccc3F)C2)nc1. The predicted molar refractivity (Wildman–Crippen MR) is 129 cm³/mol. The Morgan fingerprint density at radius 1 is 1.20 bits per heavy atom. The van der Waals surface area contributed by atoms with Crippen LogP contribution in [0.5, 0.6) is 0 Å². The Hall–Kier alpha value is -4.58. The molecule has 1 aliphatic rings. The molecule has 5 rings (SSSR count). The molecule has 8 nitrogen and oxygen atoms in total. The number of halogens is 1. The number of fused-ring (bicyclic) bond motifs is 1. The summed E-state index contributed by atoms with van der Waals surface area (Å²) in [6, 6.07) is 11.6. The van der Waals surface area contributed by atoms with E-state index in [1.807, 2.05) is 12.1 Å². The molecule has 0 spiro atoms. The Morgan fingerprint density at radius 3 is 2.74 bits per heavy atom. The third-order valence-electron chi connectivity index (χ3n) is 6.03. The first-order valence-electron chi connectivity index (χ1n) is 11.1. The number of nitrogens with zero attached hydrogens (tertiary/aromatic N) is 4. The molecule has 4 aromatic rings. The number of nitrogens with one attached hydrogen (secondary N) is 2. The fraction of sp³-hybridized carbons (Fsp3) is 0.192. The lowest BCUT2D eigenvalue weighted by atomic mass is 10.0. The van der Waals surface area contributed by atoms with Gasteiger partial charge >= 0.3 is 0 Å². The van der Waals surface area contributed by atoms with Gasteiger partial charge in [-0.15, -0.1) is 6.42 Å². The van der Waals surface area contributed by atoms with Crippen molar-refractivity contribution < 1.29 is 9.18 Å². The van der Waals surface area contributed by atoms with Gasteiger partial charge in [-0.25, -0.2) is 19.5 Å². The molecule has 2 N–H and O–H groups in total. The number of aromatic nitrogens is 4. The van der Waals surface area contributed by atoms with Crippen molar-refractivity contribution in [2.45, 2.75) is 18.9 Å². The van der Waals surface area contributed by atoms with Crippen LogP contribution in [-0.4, -0.2) is 50.1 Å². The Morgan fingerprint density at radius 2 is 1.97 bits per heavy atom. The van der Waals surface area contributed by atoms with E-state index in [-0.39, 0.29) is 23.1 Å². The number of terminal acetylenes is 1. The minimum atomic E-state index is -0.581. The number of likely N-dealkylation sites (tertiary alicyclic amines) is 1. The maximum absolute atomic E-state index is 14.7. The molecule has 1 atom stereocenters. The highest BCUT2D eigenvalue weighted by molar-refractivity contribution is 5.95. The Labute approximate surface area is 200 Å². The smallest absolute Gasteiger partial charge is 0.272 e. The third-order valence-corrected chi connectivity index (χ3v) is 6.03. The van der Waals surface area contributed by atoms with Gasteiger partial charge in [0.2, 0.25) is 5.95 Å². The molecular weight excluding hydrogens is 447 g/mol. The van der Waals surface area contributed by atoms with E-state index in [1.54, 1.807) is 41.6 Å². The van der Waals surface area contributed by atoms with Crippen molar-refractivity contribution in [3.05, 3.63) is 93.4 Å². The van der Waals surface area contributed by atoms with Gasteiger partial charge in [-0.05, 0) is 30.2 Å². The molecular formula is C26H21FN6O2. The minimum Gasteiger partial charge on any atom is -0.350 e. The van der Waals surface area contributed by atoms with Crippen molar-refractivity contribution in [3.8, 4) is 12.3 Å². The second kappa shape index (κ2) is 9.35. The van der Waals surface area contributed by atoms with Gasteiger partial charge < -0.3 is 10.2 Å². The molecule has 2 aromatic heterocycles. The molecule has 2 aromatic carbocycles. The number of H-pyrrole nitrogens is 1. The lowest BCUT2D eigenvalue weighted by molar-refractivity contribution is 0.0787. The van der Waals surface area contributed by atoms with Crippen molar-refractivity contribution in [3.63, 3.8) is 0 Å². The number of carbonyl (C=O) groups is 1. The summed E-state index contributed by atoms with van der Waals surface area (Å²) >= 11 is 0. The van der Waals surface area contributed by atoms with Crippen LogP contribution < -0.4 is 10.9 Å². The summed E-state index contributed by atoms with van der Waals surface area (Å²) in [5.41, 5.74) is 1.68. The Kier molecular flexibility index (Phi) is 5.94. The van der Waals surface area contributed by atoms with Crippen molar-refractivity contribution >= 4 is 22.6 Å². The molecule has 9 heteroatoms. The van der Waals surface area contributed by atoms with Gasteiger partial charge in [0.15, 0.2) is 0 Å². The number of aromatic amines is 1. The summed E-state index contributed by atoms with van der Waals surface area (Å²) in [5, 5.41) is 11.1. The van der Waals surface area contributed by atoms with Crippen LogP contribution in [0, 0.1) is 18.2 Å². The van der Waals surface area contributed by atoms with Crippen LogP contribution in [-0.2, 0) is 6.42 Å². The van der Waals surface area contributed by atoms with E-state index in [4.69, 9.17) is 6.42 Å². The van der Waals surface area contributed by atoms with Gasteiger partial charge in [0, 0.05) is 43.3 Å². The lowest BCUT2D eigenvalue weighted by Gasteiger charge is -2.18. The maximum Gasteiger partial charge on any atom is 0.272 e. The normalized spacial score (nSPS) is 15.2. The molecule has 174 valence electrons. The number of carbonyl (C=O) groups excluding carboxylic acids is 1. The van der Waals surface area contributed by atoms with E-state index >= 15 is 0 Å². The highest BCUT2D eigenvalue weighted by atomic mass is 19.1. The molecule has 1 amide bonds. The molecule has 1 fully saturated rings. The van der Waals surface area contributed by atoms with Gasteiger partial charge in [0.05, 0.1) is 22.2 Å². The van der Waals surface area contributed by atoms with E-state index in [2.05, 4.69) is 31.4 Å². The van der Waals surface area contributed by atoms with Crippen molar-refractivity contribution in [2.75, 3.05) is 18.4 Å². The van der Waals surface area contributed by atoms with Crippen LogP contribution in [0.3, 0.4) is 0 Å². The van der Waals surface area contributed by atoms with Crippen molar-refractivity contribution in [1.29, 1.82) is 0 Å². The van der Waals surface area contributed by atoms with E-state index in [9.17, 15) is 14.0 Å². The zero-order chi connectivity index (χ0) is 24.4. The van der Waals surface area contributed by atoms with Crippen molar-refractivity contribution in [2.24, 2.45) is 0 Å². The van der Waals surface area contributed by atoms with Gasteiger partial charge in [-0.1, -0.05) is 30.2 Å². The van der Waals surface area contributed by atoms with Crippen LogP contribution in [0.2, 0.25) is 0 Å². The van der Waals surface area contributed by atoms with Crippen molar-refractivity contribution in [1.82, 2.24) is 25.1 Å². The summed E-state index contributed by atoms with van der Waals surface area (Å²) in [4.78, 5) is 35.2. The topological polar surface area (TPSA) is 104 Å². The molecule has 0 radical (unpaired) electrons. The first-order chi connectivity index (χ1) is 17.0. The second-order valence-corrected chi connectivity index (χ2v) is 8.36. The highest BCUT2D eigenvalue weighted by Gasteiger charge is 2.29. The summed E-state index contributed by atoms with van der Waals surface area (Å²) < 4.78 is 14.7. The van der Waals surface area contributed by atoms with Gasteiger partial charge in [0.25, 0.3) is 11.5 Å². The largest absolute Gasteiger partial charge is 0.350 e. The van der Waals surface area contributed by atoms with Crippen LogP contribution in [0.15, 0.2) is 59.7 Å². The van der Waals surface area contributed by atoms with E-state index in [0.29, 0.717) is 48.5 Å². The summed E-state index contributed by atoms with van der Waals surface area (Å²) in [7, 11) is 0. The van der Waals surface area contributed by atoms with Crippen LogP contribution in [0.25, 0.3) is 10.8 Å². The maximum atomic E-state index is 14.7.